The fourth-order valence-corrected chi connectivity index (χ4v) is 2.92. The molecule has 0 heterocycles. The van der Waals surface area contributed by atoms with Gasteiger partial charge < -0.3 is 10.4 Å². The largest absolute Gasteiger partial charge is 0.480 e. The molecule has 0 aromatic heterocycles. The first-order valence-electron chi connectivity index (χ1n) is 7.19. The number of benzene rings is 1. The summed E-state index contributed by atoms with van der Waals surface area (Å²) in [6.07, 6.45) is 5.58. The first-order valence-corrected chi connectivity index (χ1v) is 8.41. The highest BCUT2D eigenvalue weighted by Crippen LogP contribution is 2.21. The third-order valence-electron chi connectivity index (χ3n) is 3.35. The van der Waals surface area contributed by atoms with E-state index in [4.69, 9.17) is 0 Å². The lowest BCUT2D eigenvalue weighted by Crippen LogP contribution is -2.43. The number of rotatable bonds is 9. The lowest BCUT2D eigenvalue weighted by molar-refractivity contribution is -0.139. The van der Waals surface area contributed by atoms with Crippen LogP contribution in [0.25, 0.3) is 0 Å². The summed E-state index contributed by atoms with van der Waals surface area (Å²) in [5.41, 5.74) is 1.28. The molecule has 20 heavy (non-hydrogen) atoms. The molecule has 1 aromatic rings. The van der Waals surface area contributed by atoms with Gasteiger partial charge in [-0.2, -0.15) is 0 Å². The van der Waals surface area contributed by atoms with Crippen LogP contribution in [0.1, 0.15) is 38.7 Å². The molecule has 0 aliphatic heterocycles. The van der Waals surface area contributed by atoms with Crippen LogP contribution in [0.15, 0.2) is 29.2 Å². The van der Waals surface area contributed by atoms with Crippen LogP contribution in [0.3, 0.4) is 0 Å². The van der Waals surface area contributed by atoms with Crippen LogP contribution in [0, 0.1) is 0 Å². The van der Waals surface area contributed by atoms with Crippen molar-refractivity contribution in [3.8, 4) is 0 Å². The van der Waals surface area contributed by atoms with Gasteiger partial charge in [0.1, 0.15) is 6.04 Å². The molecule has 0 bridgehead atoms. The third kappa shape index (κ3) is 5.55. The second-order valence-corrected chi connectivity index (χ2v) is 5.96. The molecular formula is C16H25NO2S. The third-order valence-corrected chi connectivity index (χ3v) is 4.19. The Balaban J connectivity index is 2.60. The number of hydrogen-bond acceptors (Lipinski definition) is 3. The normalized spacial score (nSPS) is 13.9. The molecular weight excluding hydrogens is 270 g/mol. The molecule has 0 aliphatic carbocycles. The van der Waals surface area contributed by atoms with Crippen molar-refractivity contribution in [2.75, 3.05) is 6.26 Å². The monoisotopic (exact) mass is 295 g/mol. The van der Waals surface area contributed by atoms with Gasteiger partial charge in [0.15, 0.2) is 0 Å². The standard InChI is InChI=1S/C16H25NO2S/c1-4-5-9-14(16(18)19)17-12(2)11-13-8-6-7-10-15(13)20-3/h6-8,10,12,14,17H,4-5,9,11H2,1-3H3,(H,18,19). The van der Waals surface area contributed by atoms with Gasteiger partial charge in [0, 0.05) is 10.9 Å². The Morgan fingerprint density at radius 1 is 1.40 bits per heavy atom. The predicted molar refractivity (Wildman–Crippen MR) is 85.5 cm³/mol. The molecule has 0 radical (unpaired) electrons. The SMILES string of the molecule is CCCCC(NC(C)Cc1ccccc1SC)C(=O)O. The van der Waals surface area contributed by atoms with Crippen molar-refractivity contribution >= 4 is 17.7 Å². The lowest BCUT2D eigenvalue weighted by Gasteiger charge is -2.21. The average molecular weight is 295 g/mol. The number of nitrogens with one attached hydrogen (secondary N) is 1. The average Bonchev–Trinajstić information content (AvgIpc) is 2.43. The van der Waals surface area contributed by atoms with Gasteiger partial charge in [0.2, 0.25) is 0 Å². The molecule has 3 nitrogen and oxygen atoms in total. The summed E-state index contributed by atoms with van der Waals surface area (Å²) in [6.45, 7) is 4.13. The molecule has 0 amide bonds. The number of carbonyl (C=O) groups is 1. The van der Waals surface area contributed by atoms with E-state index >= 15 is 0 Å². The lowest BCUT2D eigenvalue weighted by atomic mass is 10.0. The van der Waals surface area contributed by atoms with Gasteiger partial charge in [-0.1, -0.05) is 38.0 Å². The molecule has 112 valence electrons. The van der Waals surface area contributed by atoms with E-state index in [0.29, 0.717) is 6.42 Å². The second-order valence-electron chi connectivity index (χ2n) is 5.12. The number of carboxylic acids is 1. The smallest absolute Gasteiger partial charge is 0.320 e. The summed E-state index contributed by atoms with van der Waals surface area (Å²) in [7, 11) is 0. The first kappa shape index (κ1) is 17.1. The van der Waals surface area contributed by atoms with Crippen molar-refractivity contribution in [1.82, 2.24) is 5.32 Å². The number of aliphatic carboxylic acids is 1. The molecule has 2 unspecified atom stereocenters. The van der Waals surface area contributed by atoms with Crippen LogP contribution in [0.5, 0.6) is 0 Å². The van der Waals surface area contributed by atoms with E-state index < -0.39 is 12.0 Å². The van der Waals surface area contributed by atoms with Crippen molar-refractivity contribution in [2.24, 2.45) is 0 Å². The highest BCUT2D eigenvalue weighted by atomic mass is 32.2. The van der Waals surface area contributed by atoms with Crippen LogP contribution in [-0.4, -0.2) is 29.4 Å². The minimum Gasteiger partial charge on any atom is -0.480 e. The van der Waals surface area contributed by atoms with Crippen molar-refractivity contribution in [3.05, 3.63) is 29.8 Å². The summed E-state index contributed by atoms with van der Waals surface area (Å²) >= 11 is 1.73. The molecule has 0 fully saturated rings. The minimum atomic E-state index is -0.747. The molecule has 0 saturated carbocycles. The van der Waals surface area contributed by atoms with E-state index in [0.717, 1.165) is 19.3 Å². The zero-order valence-corrected chi connectivity index (χ0v) is 13.4. The van der Waals surface area contributed by atoms with Gasteiger partial charge in [-0.15, -0.1) is 11.8 Å². The Morgan fingerprint density at radius 2 is 2.10 bits per heavy atom. The number of thioether (sulfide) groups is 1. The summed E-state index contributed by atoms with van der Waals surface area (Å²) in [5.74, 6) is -0.747. The van der Waals surface area contributed by atoms with Crippen LogP contribution < -0.4 is 5.32 Å². The van der Waals surface area contributed by atoms with Crippen LogP contribution in [0.4, 0.5) is 0 Å². The van der Waals surface area contributed by atoms with Crippen molar-refractivity contribution in [2.45, 2.75) is 56.5 Å². The Morgan fingerprint density at radius 3 is 2.70 bits per heavy atom. The Kier molecular flexibility index (Phi) is 7.70. The number of hydrogen-bond donors (Lipinski definition) is 2. The Labute approximate surface area is 126 Å². The van der Waals surface area contributed by atoms with E-state index in [9.17, 15) is 9.90 Å². The summed E-state index contributed by atoms with van der Waals surface area (Å²) < 4.78 is 0. The molecule has 0 saturated heterocycles. The number of carboxylic acid groups (broad SMARTS) is 1. The second kappa shape index (κ2) is 9.03. The molecule has 2 atom stereocenters. The van der Waals surface area contributed by atoms with E-state index in [1.54, 1.807) is 11.8 Å². The molecule has 1 rings (SSSR count). The summed E-state index contributed by atoms with van der Waals surface area (Å²) in [6, 6.07) is 8.01. The molecule has 1 aromatic carbocycles. The zero-order valence-electron chi connectivity index (χ0n) is 12.6. The highest BCUT2D eigenvalue weighted by molar-refractivity contribution is 7.98. The van der Waals surface area contributed by atoms with Crippen LogP contribution in [0.2, 0.25) is 0 Å². The van der Waals surface area contributed by atoms with Gasteiger partial charge in [0.05, 0.1) is 0 Å². The first-order chi connectivity index (χ1) is 9.58. The van der Waals surface area contributed by atoms with Gasteiger partial charge in [-0.25, -0.2) is 0 Å². The summed E-state index contributed by atoms with van der Waals surface area (Å²) in [4.78, 5) is 12.5. The predicted octanol–water partition coefficient (Wildman–Crippen LogP) is 3.57. The molecule has 4 heteroatoms. The van der Waals surface area contributed by atoms with Gasteiger partial charge >= 0.3 is 5.97 Å². The van der Waals surface area contributed by atoms with Gasteiger partial charge in [0.25, 0.3) is 0 Å². The van der Waals surface area contributed by atoms with Crippen molar-refractivity contribution in [1.29, 1.82) is 0 Å². The highest BCUT2D eigenvalue weighted by Gasteiger charge is 2.19. The zero-order chi connectivity index (χ0) is 15.0. The van der Waals surface area contributed by atoms with E-state index in [1.165, 1.54) is 10.5 Å². The molecule has 0 aliphatic rings. The van der Waals surface area contributed by atoms with Gasteiger partial charge in [-0.05, 0) is 37.7 Å². The minimum absolute atomic E-state index is 0.154. The Bertz CT molecular complexity index is 423. The topological polar surface area (TPSA) is 49.3 Å². The maximum absolute atomic E-state index is 11.2. The van der Waals surface area contributed by atoms with Crippen molar-refractivity contribution < 1.29 is 9.90 Å². The maximum Gasteiger partial charge on any atom is 0.320 e. The fraction of sp³-hybridized carbons (Fsp3) is 0.562. The van der Waals surface area contributed by atoms with Crippen LogP contribution in [-0.2, 0) is 11.2 Å². The quantitative estimate of drug-likeness (QED) is 0.684. The van der Waals surface area contributed by atoms with E-state index in [1.807, 2.05) is 12.1 Å². The molecule has 0 spiro atoms. The maximum atomic E-state index is 11.2. The van der Waals surface area contributed by atoms with E-state index in [2.05, 4.69) is 37.6 Å². The van der Waals surface area contributed by atoms with Crippen molar-refractivity contribution in [3.63, 3.8) is 0 Å². The van der Waals surface area contributed by atoms with E-state index in [-0.39, 0.29) is 6.04 Å². The summed E-state index contributed by atoms with van der Waals surface area (Å²) in [5, 5.41) is 12.5. The van der Waals surface area contributed by atoms with Crippen LogP contribution >= 0.6 is 11.8 Å². The molecule has 2 N–H and O–H groups in total. The number of unbranched alkanes of at least 4 members (excludes halogenated alkanes) is 1. The van der Waals surface area contributed by atoms with Gasteiger partial charge in [-0.3, -0.25) is 4.79 Å². The Hall–Kier alpha value is -1.00. The fourth-order valence-electron chi connectivity index (χ4n) is 2.29.